The minimum atomic E-state index is -0.204. The van der Waals surface area contributed by atoms with Gasteiger partial charge in [0.25, 0.3) is 0 Å². The number of carbonyl (C=O) groups is 1. The van der Waals surface area contributed by atoms with E-state index in [1.165, 1.54) is 0 Å². The highest BCUT2D eigenvalue weighted by Gasteiger charge is 2.19. The molecule has 1 heterocycles. The van der Waals surface area contributed by atoms with Crippen molar-refractivity contribution in [1.82, 2.24) is 15.6 Å². The summed E-state index contributed by atoms with van der Waals surface area (Å²) in [6.45, 7) is 0. The molecule has 4 nitrogen and oxygen atoms in total. The van der Waals surface area contributed by atoms with Gasteiger partial charge in [-0.3, -0.25) is 4.98 Å². The average molecular weight is 293 g/mol. The molecule has 1 aromatic heterocycles. The van der Waals surface area contributed by atoms with E-state index in [1.54, 1.807) is 12.4 Å². The Bertz CT molecular complexity index is 592. The lowest BCUT2D eigenvalue weighted by Gasteiger charge is -2.21. The lowest BCUT2D eigenvalue weighted by molar-refractivity contribution is 0.235. The van der Waals surface area contributed by atoms with Crippen molar-refractivity contribution in [1.29, 1.82) is 0 Å². The summed E-state index contributed by atoms with van der Waals surface area (Å²) in [5, 5.41) is 6.07. The summed E-state index contributed by atoms with van der Waals surface area (Å²) in [5.74, 6) is 0. The molecule has 0 spiro atoms. The fourth-order valence-corrected chi connectivity index (χ4v) is 2.64. The van der Waals surface area contributed by atoms with Gasteiger partial charge in [0.05, 0.1) is 6.04 Å². The molecule has 1 aliphatic carbocycles. The van der Waals surface area contributed by atoms with Crippen LogP contribution in [0.4, 0.5) is 4.79 Å². The predicted octanol–water partition coefficient (Wildman–Crippen LogP) is 3.19. The Morgan fingerprint density at radius 3 is 2.45 bits per heavy atom. The first-order chi connectivity index (χ1) is 10.8. The zero-order valence-corrected chi connectivity index (χ0v) is 12.3. The van der Waals surface area contributed by atoms with Gasteiger partial charge in [-0.05, 0) is 30.0 Å². The maximum atomic E-state index is 12.3. The number of hydrogen-bond donors (Lipinski definition) is 2. The third kappa shape index (κ3) is 3.52. The first-order valence-corrected chi connectivity index (χ1v) is 7.50. The maximum absolute atomic E-state index is 12.3. The van der Waals surface area contributed by atoms with Crippen molar-refractivity contribution in [2.24, 2.45) is 0 Å². The number of pyridine rings is 1. The van der Waals surface area contributed by atoms with Crippen LogP contribution in [0.15, 0.2) is 67.0 Å². The number of amides is 2. The van der Waals surface area contributed by atoms with Crippen LogP contribution in [-0.2, 0) is 0 Å². The first-order valence-electron chi connectivity index (χ1n) is 7.50. The monoisotopic (exact) mass is 293 g/mol. The van der Waals surface area contributed by atoms with Crippen LogP contribution in [0.5, 0.6) is 0 Å². The van der Waals surface area contributed by atoms with Gasteiger partial charge in [-0.15, -0.1) is 0 Å². The molecule has 22 heavy (non-hydrogen) atoms. The fourth-order valence-electron chi connectivity index (χ4n) is 2.64. The van der Waals surface area contributed by atoms with E-state index in [0.29, 0.717) is 0 Å². The third-order valence-corrected chi connectivity index (χ3v) is 3.77. The molecule has 2 amide bonds. The predicted molar refractivity (Wildman–Crippen MR) is 86.4 cm³/mol. The number of urea groups is 1. The van der Waals surface area contributed by atoms with E-state index in [-0.39, 0.29) is 18.1 Å². The van der Waals surface area contributed by atoms with Gasteiger partial charge >= 0.3 is 6.03 Å². The SMILES string of the molecule is O=C(NC1CC=CC1)N[C@H](c1ccccc1)c1cccnc1. The highest BCUT2D eigenvalue weighted by molar-refractivity contribution is 5.75. The molecule has 0 radical (unpaired) electrons. The van der Waals surface area contributed by atoms with Crippen LogP contribution in [0.2, 0.25) is 0 Å². The topological polar surface area (TPSA) is 54.0 Å². The van der Waals surface area contributed by atoms with Gasteiger partial charge in [-0.2, -0.15) is 0 Å². The van der Waals surface area contributed by atoms with Gasteiger partial charge in [0.15, 0.2) is 0 Å². The van der Waals surface area contributed by atoms with E-state index in [1.807, 2.05) is 42.5 Å². The molecule has 0 fully saturated rings. The van der Waals surface area contributed by atoms with E-state index in [2.05, 4.69) is 27.8 Å². The fraction of sp³-hybridized carbons (Fsp3) is 0.222. The smallest absolute Gasteiger partial charge is 0.315 e. The number of aromatic nitrogens is 1. The van der Waals surface area contributed by atoms with Gasteiger partial charge in [0.2, 0.25) is 0 Å². The van der Waals surface area contributed by atoms with E-state index < -0.39 is 0 Å². The number of carbonyl (C=O) groups excluding carboxylic acids is 1. The van der Waals surface area contributed by atoms with Gasteiger partial charge < -0.3 is 10.6 Å². The molecule has 112 valence electrons. The molecule has 2 aromatic rings. The van der Waals surface area contributed by atoms with Crippen LogP contribution < -0.4 is 10.6 Å². The van der Waals surface area contributed by atoms with Gasteiger partial charge in [0.1, 0.15) is 0 Å². The zero-order chi connectivity index (χ0) is 15.2. The quantitative estimate of drug-likeness (QED) is 0.851. The lowest BCUT2D eigenvalue weighted by Crippen LogP contribution is -2.42. The van der Waals surface area contributed by atoms with Crippen LogP contribution in [0.3, 0.4) is 0 Å². The summed E-state index contributed by atoms with van der Waals surface area (Å²) in [6.07, 6.45) is 9.51. The Morgan fingerprint density at radius 1 is 1.05 bits per heavy atom. The summed E-state index contributed by atoms with van der Waals surface area (Å²) >= 11 is 0. The summed E-state index contributed by atoms with van der Waals surface area (Å²) in [7, 11) is 0. The average Bonchev–Trinajstić information content (AvgIpc) is 3.07. The zero-order valence-electron chi connectivity index (χ0n) is 12.3. The molecular weight excluding hydrogens is 274 g/mol. The van der Waals surface area contributed by atoms with Crippen molar-refractivity contribution in [2.45, 2.75) is 24.9 Å². The lowest BCUT2D eigenvalue weighted by atomic mass is 10.0. The largest absolute Gasteiger partial charge is 0.335 e. The van der Waals surface area contributed by atoms with Crippen LogP contribution in [0.25, 0.3) is 0 Å². The van der Waals surface area contributed by atoms with Crippen LogP contribution in [-0.4, -0.2) is 17.1 Å². The second-order valence-corrected chi connectivity index (χ2v) is 5.39. The summed E-state index contributed by atoms with van der Waals surface area (Å²) in [4.78, 5) is 16.4. The van der Waals surface area contributed by atoms with Crippen molar-refractivity contribution >= 4 is 6.03 Å². The minimum Gasteiger partial charge on any atom is -0.335 e. The molecule has 0 aliphatic heterocycles. The molecule has 4 heteroatoms. The summed E-state index contributed by atoms with van der Waals surface area (Å²) < 4.78 is 0. The normalized spacial score (nSPS) is 15.5. The molecule has 2 N–H and O–H groups in total. The second-order valence-electron chi connectivity index (χ2n) is 5.39. The maximum Gasteiger partial charge on any atom is 0.315 e. The highest BCUT2D eigenvalue weighted by Crippen LogP contribution is 2.21. The number of hydrogen-bond acceptors (Lipinski definition) is 2. The molecule has 3 rings (SSSR count). The molecule has 0 unspecified atom stereocenters. The minimum absolute atomic E-state index is 0.147. The Kier molecular flexibility index (Phi) is 4.49. The van der Waals surface area contributed by atoms with E-state index >= 15 is 0 Å². The Labute approximate surface area is 130 Å². The van der Waals surface area contributed by atoms with Crippen molar-refractivity contribution in [3.8, 4) is 0 Å². The number of benzene rings is 1. The van der Waals surface area contributed by atoms with Crippen molar-refractivity contribution in [3.05, 3.63) is 78.1 Å². The molecule has 1 aromatic carbocycles. The molecule has 0 saturated carbocycles. The van der Waals surface area contributed by atoms with Crippen molar-refractivity contribution in [2.75, 3.05) is 0 Å². The standard InChI is InChI=1S/C18H19N3O/c22-18(20-16-10-4-5-11-16)21-17(14-7-2-1-3-8-14)15-9-6-12-19-13-15/h1-9,12-13,16-17H,10-11H2,(H2,20,21,22)/t17-/m1/s1. The number of nitrogens with zero attached hydrogens (tertiary/aromatic N) is 1. The second kappa shape index (κ2) is 6.89. The Morgan fingerprint density at radius 2 is 1.77 bits per heavy atom. The molecule has 1 aliphatic rings. The van der Waals surface area contributed by atoms with Gasteiger partial charge in [-0.25, -0.2) is 4.79 Å². The third-order valence-electron chi connectivity index (χ3n) is 3.77. The summed E-state index contributed by atoms with van der Waals surface area (Å²) in [6, 6.07) is 13.6. The van der Waals surface area contributed by atoms with Gasteiger partial charge in [0, 0.05) is 18.4 Å². The number of rotatable bonds is 4. The number of nitrogens with one attached hydrogen (secondary N) is 2. The van der Waals surface area contributed by atoms with Crippen molar-refractivity contribution in [3.63, 3.8) is 0 Å². The molecular formula is C18H19N3O. The van der Waals surface area contributed by atoms with Crippen LogP contribution >= 0.6 is 0 Å². The van der Waals surface area contributed by atoms with Crippen molar-refractivity contribution < 1.29 is 4.79 Å². The van der Waals surface area contributed by atoms with E-state index in [0.717, 1.165) is 24.0 Å². The molecule has 0 bridgehead atoms. The van der Waals surface area contributed by atoms with Crippen LogP contribution in [0.1, 0.15) is 30.0 Å². The Balaban J connectivity index is 1.75. The Hall–Kier alpha value is -2.62. The first kappa shape index (κ1) is 14.3. The van der Waals surface area contributed by atoms with E-state index in [4.69, 9.17) is 0 Å². The summed E-state index contributed by atoms with van der Waals surface area (Å²) in [5.41, 5.74) is 2.00. The molecule has 0 saturated heterocycles. The van der Waals surface area contributed by atoms with E-state index in [9.17, 15) is 4.79 Å². The van der Waals surface area contributed by atoms with Crippen LogP contribution in [0, 0.1) is 0 Å². The van der Waals surface area contributed by atoms with Gasteiger partial charge in [-0.1, -0.05) is 48.6 Å². The highest BCUT2D eigenvalue weighted by atomic mass is 16.2. The molecule has 1 atom stereocenters.